The largest absolute Gasteiger partial charge is 0.489 e. The fraction of sp³-hybridized carbons (Fsp3) is 0.562. The van der Waals surface area contributed by atoms with Crippen molar-refractivity contribution < 1.29 is 18.7 Å². The Labute approximate surface area is 129 Å². The van der Waals surface area contributed by atoms with E-state index in [-0.39, 0.29) is 12.1 Å². The van der Waals surface area contributed by atoms with Crippen molar-refractivity contribution in [3.63, 3.8) is 0 Å². The van der Waals surface area contributed by atoms with Crippen molar-refractivity contribution in [3.05, 3.63) is 24.0 Å². The summed E-state index contributed by atoms with van der Waals surface area (Å²) in [6.45, 7) is 2.66. The Morgan fingerprint density at radius 2 is 2.18 bits per heavy atom. The molecule has 0 bridgehead atoms. The SMILES string of the molecule is O=C(Nc1cc(F)ccc1OC[C@H]1CCCO1)N1CCCC1. The maximum atomic E-state index is 13.5. The zero-order chi connectivity index (χ0) is 15.4. The molecule has 5 nitrogen and oxygen atoms in total. The van der Waals surface area contributed by atoms with Crippen LogP contribution in [0.2, 0.25) is 0 Å². The second-order valence-corrected chi connectivity index (χ2v) is 5.71. The van der Waals surface area contributed by atoms with Gasteiger partial charge >= 0.3 is 6.03 Å². The van der Waals surface area contributed by atoms with Crippen LogP contribution < -0.4 is 10.1 Å². The number of carbonyl (C=O) groups excluding carboxylic acids is 1. The maximum Gasteiger partial charge on any atom is 0.321 e. The van der Waals surface area contributed by atoms with Gasteiger partial charge in [0.2, 0.25) is 0 Å². The van der Waals surface area contributed by atoms with E-state index in [1.165, 1.54) is 12.1 Å². The summed E-state index contributed by atoms with van der Waals surface area (Å²) in [5.74, 6) is 0.0747. The molecule has 22 heavy (non-hydrogen) atoms. The molecule has 1 aromatic carbocycles. The van der Waals surface area contributed by atoms with Gasteiger partial charge in [0.15, 0.2) is 0 Å². The van der Waals surface area contributed by atoms with Crippen molar-refractivity contribution in [3.8, 4) is 5.75 Å². The highest BCUT2D eigenvalue weighted by molar-refractivity contribution is 5.91. The summed E-state index contributed by atoms with van der Waals surface area (Å²) in [5, 5.41) is 2.75. The van der Waals surface area contributed by atoms with E-state index in [0.29, 0.717) is 18.0 Å². The molecular weight excluding hydrogens is 287 g/mol. The van der Waals surface area contributed by atoms with Gasteiger partial charge in [-0.15, -0.1) is 0 Å². The van der Waals surface area contributed by atoms with Gasteiger partial charge < -0.3 is 19.7 Å². The van der Waals surface area contributed by atoms with Crippen LogP contribution in [-0.2, 0) is 4.74 Å². The fourth-order valence-electron chi connectivity index (χ4n) is 2.80. The third kappa shape index (κ3) is 3.68. The monoisotopic (exact) mass is 308 g/mol. The first-order valence-corrected chi connectivity index (χ1v) is 7.82. The van der Waals surface area contributed by atoms with Crippen LogP contribution in [0.1, 0.15) is 25.7 Å². The highest BCUT2D eigenvalue weighted by Crippen LogP contribution is 2.27. The summed E-state index contributed by atoms with van der Waals surface area (Å²) >= 11 is 0. The quantitative estimate of drug-likeness (QED) is 0.930. The summed E-state index contributed by atoms with van der Waals surface area (Å²) < 4.78 is 24.7. The lowest BCUT2D eigenvalue weighted by atomic mass is 10.2. The van der Waals surface area contributed by atoms with Crippen molar-refractivity contribution in [1.29, 1.82) is 0 Å². The van der Waals surface area contributed by atoms with Gasteiger partial charge in [0.25, 0.3) is 0 Å². The van der Waals surface area contributed by atoms with Crippen molar-refractivity contribution in [2.45, 2.75) is 31.8 Å². The first-order valence-electron chi connectivity index (χ1n) is 7.82. The van der Waals surface area contributed by atoms with Gasteiger partial charge in [-0.2, -0.15) is 0 Å². The average molecular weight is 308 g/mol. The molecule has 120 valence electrons. The molecule has 1 N–H and O–H groups in total. The number of amides is 2. The molecule has 0 saturated carbocycles. The minimum atomic E-state index is -0.402. The zero-order valence-electron chi connectivity index (χ0n) is 12.5. The zero-order valence-corrected chi connectivity index (χ0v) is 12.5. The number of ether oxygens (including phenoxy) is 2. The third-order valence-corrected chi connectivity index (χ3v) is 4.03. The molecule has 2 heterocycles. The number of likely N-dealkylation sites (tertiary alicyclic amines) is 1. The van der Waals surface area contributed by atoms with Gasteiger partial charge in [0, 0.05) is 25.8 Å². The van der Waals surface area contributed by atoms with Crippen molar-refractivity contribution in [1.82, 2.24) is 4.90 Å². The van der Waals surface area contributed by atoms with E-state index in [9.17, 15) is 9.18 Å². The predicted octanol–water partition coefficient (Wildman–Crippen LogP) is 3.01. The molecule has 6 heteroatoms. The summed E-state index contributed by atoms with van der Waals surface area (Å²) in [5.41, 5.74) is 0.370. The molecule has 2 aliphatic rings. The van der Waals surface area contributed by atoms with Crippen LogP contribution in [-0.4, -0.2) is 43.3 Å². The van der Waals surface area contributed by atoms with Gasteiger partial charge in [-0.3, -0.25) is 0 Å². The topological polar surface area (TPSA) is 50.8 Å². The Kier molecular flexibility index (Phi) is 4.77. The smallest absolute Gasteiger partial charge is 0.321 e. The van der Waals surface area contributed by atoms with Crippen molar-refractivity contribution >= 4 is 11.7 Å². The number of anilines is 1. The van der Waals surface area contributed by atoms with Gasteiger partial charge in [-0.05, 0) is 37.8 Å². The fourth-order valence-corrected chi connectivity index (χ4v) is 2.80. The van der Waals surface area contributed by atoms with E-state index in [2.05, 4.69) is 5.32 Å². The average Bonchev–Trinajstić information content (AvgIpc) is 3.20. The number of hydrogen-bond donors (Lipinski definition) is 1. The number of nitrogens with zero attached hydrogens (tertiary/aromatic N) is 1. The Morgan fingerprint density at radius 3 is 2.91 bits per heavy atom. The van der Waals surface area contributed by atoms with E-state index < -0.39 is 5.82 Å². The first kappa shape index (κ1) is 15.1. The normalized spacial score (nSPS) is 21.1. The van der Waals surface area contributed by atoms with Crippen molar-refractivity contribution in [2.75, 3.05) is 31.6 Å². The van der Waals surface area contributed by atoms with Crippen LogP contribution in [0.5, 0.6) is 5.75 Å². The van der Waals surface area contributed by atoms with Crippen LogP contribution in [0, 0.1) is 5.82 Å². The summed E-state index contributed by atoms with van der Waals surface area (Å²) in [7, 11) is 0. The van der Waals surface area contributed by atoms with Crippen LogP contribution in [0.3, 0.4) is 0 Å². The third-order valence-electron chi connectivity index (χ3n) is 4.03. The van der Waals surface area contributed by atoms with E-state index in [4.69, 9.17) is 9.47 Å². The molecule has 0 radical (unpaired) electrons. The van der Waals surface area contributed by atoms with Crippen LogP contribution in [0.4, 0.5) is 14.9 Å². The van der Waals surface area contributed by atoms with Crippen LogP contribution >= 0.6 is 0 Å². The molecule has 1 aromatic rings. The lowest BCUT2D eigenvalue weighted by molar-refractivity contribution is 0.0682. The number of nitrogens with one attached hydrogen (secondary N) is 1. The van der Waals surface area contributed by atoms with Gasteiger partial charge in [-0.1, -0.05) is 0 Å². The second-order valence-electron chi connectivity index (χ2n) is 5.71. The molecule has 3 rings (SSSR count). The number of halogens is 1. The van der Waals surface area contributed by atoms with Gasteiger partial charge in [-0.25, -0.2) is 9.18 Å². The second kappa shape index (κ2) is 6.96. The minimum Gasteiger partial charge on any atom is -0.489 e. The highest BCUT2D eigenvalue weighted by atomic mass is 19.1. The van der Waals surface area contributed by atoms with E-state index in [1.807, 2.05) is 0 Å². The Hall–Kier alpha value is -1.82. The molecule has 0 spiro atoms. The summed E-state index contributed by atoms with van der Waals surface area (Å²) in [4.78, 5) is 13.9. The molecule has 2 amide bonds. The number of carbonyl (C=O) groups is 1. The van der Waals surface area contributed by atoms with E-state index in [0.717, 1.165) is 45.4 Å². The molecule has 0 aliphatic carbocycles. The van der Waals surface area contributed by atoms with E-state index in [1.54, 1.807) is 11.0 Å². The molecule has 2 aliphatic heterocycles. The van der Waals surface area contributed by atoms with E-state index >= 15 is 0 Å². The summed E-state index contributed by atoms with van der Waals surface area (Å²) in [6.07, 6.45) is 4.11. The molecule has 1 atom stereocenters. The predicted molar refractivity (Wildman–Crippen MR) is 80.7 cm³/mol. The maximum absolute atomic E-state index is 13.5. The molecule has 2 saturated heterocycles. The summed E-state index contributed by atoms with van der Waals surface area (Å²) in [6, 6.07) is 3.96. The minimum absolute atomic E-state index is 0.0761. The Morgan fingerprint density at radius 1 is 1.36 bits per heavy atom. The Bertz CT molecular complexity index is 526. The van der Waals surface area contributed by atoms with Gasteiger partial charge in [0.1, 0.15) is 18.2 Å². The number of urea groups is 1. The standard InChI is InChI=1S/C16H21FN2O3/c17-12-5-6-15(22-11-13-4-3-9-21-13)14(10-12)18-16(20)19-7-1-2-8-19/h5-6,10,13H,1-4,7-9,11H2,(H,18,20)/t13-/m1/s1. The van der Waals surface area contributed by atoms with Crippen LogP contribution in [0.25, 0.3) is 0 Å². The Balaban J connectivity index is 1.65. The molecule has 2 fully saturated rings. The van der Waals surface area contributed by atoms with Crippen molar-refractivity contribution in [2.24, 2.45) is 0 Å². The number of benzene rings is 1. The lowest BCUT2D eigenvalue weighted by Crippen LogP contribution is -2.32. The number of rotatable bonds is 4. The lowest BCUT2D eigenvalue weighted by Gasteiger charge is -2.19. The van der Waals surface area contributed by atoms with Crippen LogP contribution in [0.15, 0.2) is 18.2 Å². The van der Waals surface area contributed by atoms with Gasteiger partial charge in [0.05, 0.1) is 11.8 Å². The molecule has 0 aromatic heterocycles. The molecule has 0 unspecified atom stereocenters. The number of hydrogen-bond acceptors (Lipinski definition) is 3. The first-order chi connectivity index (χ1) is 10.7. The molecular formula is C16H21FN2O3. The highest BCUT2D eigenvalue weighted by Gasteiger charge is 2.20.